The molecule has 2 rings (SSSR count). The van der Waals surface area contributed by atoms with E-state index in [-0.39, 0.29) is 0 Å². The third-order valence-electron chi connectivity index (χ3n) is 3.29. The molecule has 1 aromatic carbocycles. The van der Waals surface area contributed by atoms with E-state index in [0.717, 1.165) is 10.9 Å². The van der Waals surface area contributed by atoms with Gasteiger partial charge in [-0.1, -0.05) is 6.07 Å². The number of hydrogen-bond acceptors (Lipinski definition) is 5. The molecular weight excluding hydrogens is 256 g/mol. The predicted octanol–water partition coefficient (Wildman–Crippen LogP) is 1.25. The maximum absolute atomic E-state index is 10.2. The number of aromatic nitrogens is 1. The van der Waals surface area contributed by atoms with Gasteiger partial charge in [-0.2, -0.15) is 0 Å². The van der Waals surface area contributed by atoms with Crippen LogP contribution in [0.3, 0.4) is 0 Å². The Hall–Kier alpha value is -1.69. The fourth-order valence-electron chi connectivity index (χ4n) is 2.10. The maximum atomic E-state index is 10.2. The van der Waals surface area contributed by atoms with Crippen molar-refractivity contribution in [3.05, 3.63) is 35.9 Å². The third-order valence-corrected chi connectivity index (χ3v) is 3.29. The molecule has 0 aliphatic carbocycles. The molecule has 20 heavy (non-hydrogen) atoms. The highest BCUT2D eigenvalue weighted by Gasteiger charge is 2.18. The van der Waals surface area contributed by atoms with Gasteiger partial charge in [0.25, 0.3) is 0 Å². The molecule has 108 valence electrons. The van der Waals surface area contributed by atoms with Crippen LogP contribution in [0.5, 0.6) is 5.88 Å². The van der Waals surface area contributed by atoms with E-state index in [0.29, 0.717) is 24.4 Å². The number of benzene rings is 1. The Balaban J connectivity index is 2.22. The summed E-state index contributed by atoms with van der Waals surface area (Å²) in [5, 5.41) is 23.9. The first kappa shape index (κ1) is 14.7. The molecule has 5 nitrogen and oxygen atoms in total. The number of hydrogen-bond donors (Lipinski definition) is 3. The Bertz CT molecular complexity index is 574. The number of rotatable bonds is 6. The molecule has 0 bridgehead atoms. The molecule has 2 unspecified atom stereocenters. The van der Waals surface area contributed by atoms with E-state index >= 15 is 0 Å². The second-order valence-electron chi connectivity index (χ2n) is 4.71. The van der Waals surface area contributed by atoms with E-state index in [2.05, 4.69) is 10.3 Å². The molecule has 2 aromatic rings. The lowest BCUT2D eigenvalue weighted by molar-refractivity contribution is 0.0141. The lowest BCUT2D eigenvalue weighted by Crippen LogP contribution is -2.23. The second-order valence-corrected chi connectivity index (χ2v) is 4.71. The van der Waals surface area contributed by atoms with E-state index in [9.17, 15) is 10.2 Å². The van der Waals surface area contributed by atoms with Crippen molar-refractivity contribution >= 4 is 10.9 Å². The second kappa shape index (κ2) is 6.65. The van der Waals surface area contributed by atoms with Gasteiger partial charge in [-0.05, 0) is 43.8 Å². The Kier molecular flexibility index (Phi) is 4.89. The highest BCUT2D eigenvalue weighted by Crippen LogP contribution is 2.24. The van der Waals surface area contributed by atoms with Gasteiger partial charge in [0.05, 0.1) is 18.7 Å². The summed E-state index contributed by atoms with van der Waals surface area (Å²) >= 11 is 0. The fourth-order valence-corrected chi connectivity index (χ4v) is 2.10. The number of methoxy groups -OCH3 is 1. The van der Waals surface area contributed by atoms with Gasteiger partial charge >= 0.3 is 0 Å². The largest absolute Gasteiger partial charge is 0.481 e. The van der Waals surface area contributed by atoms with E-state index in [1.807, 2.05) is 25.2 Å². The average molecular weight is 276 g/mol. The van der Waals surface area contributed by atoms with Crippen LogP contribution >= 0.6 is 0 Å². The summed E-state index contributed by atoms with van der Waals surface area (Å²) in [6.45, 7) is 0.657. The van der Waals surface area contributed by atoms with Crippen LogP contribution in [0.15, 0.2) is 30.3 Å². The van der Waals surface area contributed by atoms with Gasteiger partial charge in [-0.25, -0.2) is 4.98 Å². The standard InChI is InChI=1S/C15H20N2O3/c1-16-8-7-13(18)15(19)11-3-5-12-10(9-11)4-6-14(17-12)20-2/h3-6,9,13,15-16,18-19H,7-8H2,1-2H3. The number of pyridine rings is 1. The zero-order valence-corrected chi connectivity index (χ0v) is 11.7. The smallest absolute Gasteiger partial charge is 0.213 e. The lowest BCUT2D eigenvalue weighted by atomic mass is 10.0. The maximum Gasteiger partial charge on any atom is 0.213 e. The molecule has 0 aliphatic heterocycles. The van der Waals surface area contributed by atoms with Crippen LogP contribution in [0.4, 0.5) is 0 Å². The van der Waals surface area contributed by atoms with Crippen molar-refractivity contribution in [1.82, 2.24) is 10.3 Å². The SMILES string of the molecule is CNCCC(O)C(O)c1ccc2nc(OC)ccc2c1. The number of nitrogens with one attached hydrogen (secondary N) is 1. The Morgan fingerprint density at radius 3 is 2.75 bits per heavy atom. The first-order valence-corrected chi connectivity index (χ1v) is 6.61. The predicted molar refractivity (Wildman–Crippen MR) is 77.8 cm³/mol. The van der Waals surface area contributed by atoms with Crippen LogP contribution < -0.4 is 10.1 Å². The van der Waals surface area contributed by atoms with Crippen molar-refractivity contribution in [1.29, 1.82) is 0 Å². The minimum atomic E-state index is -0.894. The summed E-state index contributed by atoms with van der Waals surface area (Å²) in [6, 6.07) is 9.10. The number of aliphatic hydroxyl groups excluding tert-OH is 2. The van der Waals surface area contributed by atoms with Crippen LogP contribution in [-0.4, -0.2) is 42.0 Å². The van der Waals surface area contributed by atoms with Crippen LogP contribution in [0, 0.1) is 0 Å². The molecule has 3 N–H and O–H groups in total. The Labute approximate surface area is 118 Å². The molecular formula is C15H20N2O3. The van der Waals surface area contributed by atoms with E-state index in [1.54, 1.807) is 19.2 Å². The molecule has 0 saturated heterocycles. The highest BCUT2D eigenvalue weighted by atomic mass is 16.5. The minimum Gasteiger partial charge on any atom is -0.481 e. The van der Waals surface area contributed by atoms with Crippen molar-refractivity contribution in [2.75, 3.05) is 20.7 Å². The fraction of sp³-hybridized carbons (Fsp3) is 0.400. The summed E-state index contributed by atoms with van der Waals surface area (Å²) in [7, 11) is 3.39. The molecule has 0 fully saturated rings. The van der Waals surface area contributed by atoms with Crippen molar-refractivity contribution < 1.29 is 14.9 Å². The Morgan fingerprint density at radius 2 is 2.05 bits per heavy atom. The molecule has 1 aromatic heterocycles. The number of nitrogens with zero attached hydrogens (tertiary/aromatic N) is 1. The summed E-state index contributed by atoms with van der Waals surface area (Å²) in [6.07, 6.45) is -1.18. The monoisotopic (exact) mass is 276 g/mol. The van der Waals surface area contributed by atoms with Crippen molar-refractivity contribution in [2.24, 2.45) is 0 Å². The van der Waals surface area contributed by atoms with E-state index < -0.39 is 12.2 Å². The van der Waals surface area contributed by atoms with Gasteiger partial charge in [0, 0.05) is 11.5 Å². The van der Waals surface area contributed by atoms with Crippen LogP contribution in [-0.2, 0) is 0 Å². The topological polar surface area (TPSA) is 74.6 Å². The van der Waals surface area contributed by atoms with Crippen molar-refractivity contribution in [2.45, 2.75) is 18.6 Å². The normalized spacial score (nSPS) is 14.2. The molecule has 1 heterocycles. The van der Waals surface area contributed by atoms with Crippen molar-refractivity contribution in [3.8, 4) is 5.88 Å². The zero-order valence-electron chi connectivity index (χ0n) is 11.7. The summed E-state index contributed by atoms with van der Waals surface area (Å²) < 4.78 is 5.08. The highest BCUT2D eigenvalue weighted by molar-refractivity contribution is 5.79. The van der Waals surface area contributed by atoms with Crippen LogP contribution in [0.25, 0.3) is 10.9 Å². The summed E-state index contributed by atoms with van der Waals surface area (Å²) in [5.41, 5.74) is 1.48. The molecule has 0 spiro atoms. The first-order valence-electron chi connectivity index (χ1n) is 6.61. The lowest BCUT2D eigenvalue weighted by Gasteiger charge is -2.18. The number of aliphatic hydroxyl groups is 2. The average Bonchev–Trinajstić information content (AvgIpc) is 2.50. The molecule has 0 amide bonds. The molecule has 2 atom stereocenters. The van der Waals surface area contributed by atoms with Crippen LogP contribution in [0.2, 0.25) is 0 Å². The third kappa shape index (κ3) is 3.25. The molecule has 0 aliphatic rings. The van der Waals surface area contributed by atoms with Gasteiger partial charge in [0.15, 0.2) is 0 Å². The van der Waals surface area contributed by atoms with Gasteiger partial charge in [0.1, 0.15) is 6.10 Å². The van der Waals surface area contributed by atoms with Gasteiger partial charge < -0.3 is 20.3 Å². The minimum absolute atomic E-state index is 0.497. The van der Waals surface area contributed by atoms with E-state index in [4.69, 9.17) is 4.74 Å². The first-order chi connectivity index (χ1) is 9.65. The van der Waals surface area contributed by atoms with E-state index in [1.165, 1.54) is 0 Å². The number of fused-ring (bicyclic) bond motifs is 1. The zero-order chi connectivity index (χ0) is 14.5. The van der Waals surface area contributed by atoms with Crippen molar-refractivity contribution in [3.63, 3.8) is 0 Å². The van der Waals surface area contributed by atoms with Crippen LogP contribution in [0.1, 0.15) is 18.1 Å². The summed E-state index contributed by atoms with van der Waals surface area (Å²) in [4.78, 5) is 4.31. The number of ether oxygens (including phenoxy) is 1. The molecule has 0 radical (unpaired) electrons. The quantitative estimate of drug-likeness (QED) is 0.740. The Morgan fingerprint density at radius 1 is 1.25 bits per heavy atom. The van der Waals surface area contributed by atoms with Gasteiger partial charge in [0.2, 0.25) is 5.88 Å². The summed E-state index contributed by atoms with van der Waals surface area (Å²) in [5.74, 6) is 0.555. The molecule has 0 saturated carbocycles. The van der Waals surface area contributed by atoms with Gasteiger partial charge in [-0.15, -0.1) is 0 Å². The molecule has 5 heteroatoms. The van der Waals surface area contributed by atoms with Gasteiger partial charge in [-0.3, -0.25) is 0 Å².